The predicted octanol–water partition coefficient (Wildman–Crippen LogP) is 2.67. The largest absolute Gasteiger partial charge is 0.478 e. The Labute approximate surface area is 123 Å². The Balaban J connectivity index is 1.98. The Morgan fingerprint density at radius 1 is 1.38 bits per heavy atom. The molecule has 0 bridgehead atoms. The number of benzene rings is 1. The molecule has 114 valence electrons. The van der Waals surface area contributed by atoms with Crippen LogP contribution in [0.3, 0.4) is 0 Å². The topological polar surface area (TPSA) is 78.6 Å². The smallest absolute Gasteiger partial charge is 0.335 e. The van der Waals surface area contributed by atoms with Crippen LogP contribution in [-0.4, -0.2) is 47.1 Å². The van der Waals surface area contributed by atoms with Crippen LogP contribution < -0.4 is 5.32 Å². The van der Waals surface area contributed by atoms with Crippen LogP contribution in [0.2, 0.25) is 0 Å². The normalized spacial score (nSPS) is 11.2. The highest BCUT2D eigenvalue weighted by atomic mass is 16.4. The minimum Gasteiger partial charge on any atom is -0.478 e. The quantitative estimate of drug-likeness (QED) is 0.778. The SMILES string of the molecule is CCCN(CC)CCNc1nc2ccc(C(=O)O)cc2o1. The Morgan fingerprint density at radius 3 is 2.86 bits per heavy atom. The fourth-order valence-electron chi connectivity index (χ4n) is 2.20. The van der Waals surface area contributed by atoms with Gasteiger partial charge in [-0.1, -0.05) is 13.8 Å². The van der Waals surface area contributed by atoms with E-state index in [0.717, 1.165) is 32.6 Å². The third kappa shape index (κ3) is 3.95. The van der Waals surface area contributed by atoms with Crippen LogP contribution in [-0.2, 0) is 0 Å². The van der Waals surface area contributed by atoms with Gasteiger partial charge in [-0.2, -0.15) is 4.98 Å². The summed E-state index contributed by atoms with van der Waals surface area (Å²) in [7, 11) is 0. The summed E-state index contributed by atoms with van der Waals surface area (Å²) in [5.74, 6) is -0.971. The molecule has 0 spiro atoms. The van der Waals surface area contributed by atoms with Gasteiger partial charge in [0.1, 0.15) is 5.52 Å². The maximum absolute atomic E-state index is 10.9. The Bertz CT molecular complexity index is 609. The van der Waals surface area contributed by atoms with E-state index in [9.17, 15) is 4.79 Å². The number of hydrogen-bond donors (Lipinski definition) is 2. The fraction of sp³-hybridized carbons (Fsp3) is 0.467. The van der Waals surface area contributed by atoms with E-state index in [1.165, 1.54) is 12.1 Å². The number of hydrogen-bond acceptors (Lipinski definition) is 5. The van der Waals surface area contributed by atoms with Gasteiger partial charge in [-0.3, -0.25) is 0 Å². The van der Waals surface area contributed by atoms with Crippen molar-refractivity contribution in [1.29, 1.82) is 0 Å². The molecule has 1 aromatic carbocycles. The van der Waals surface area contributed by atoms with Crippen LogP contribution in [0.15, 0.2) is 22.6 Å². The average molecular weight is 291 g/mol. The predicted molar refractivity (Wildman–Crippen MR) is 81.9 cm³/mol. The molecular formula is C15H21N3O3. The van der Waals surface area contributed by atoms with Gasteiger partial charge >= 0.3 is 5.97 Å². The Morgan fingerprint density at radius 2 is 2.19 bits per heavy atom. The van der Waals surface area contributed by atoms with E-state index in [-0.39, 0.29) is 5.56 Å². The van der Waals surface area contributed by atoms with Gasteiger partial charge in [0.15, 0.2) is 5.58 Å². The molecule has 6 nitrogen and oxygen atoms in total. The van der Waals surface area contributed by atoms with Crippen LogP contribution in [0.4, 0.5) is 6.01 Å². The van der Waals surface area contributed by atoms with Crippen LogP contribution in [0.5, 0.6) is 0 Å². The second kappa shape index (κ2) is 7.08. The molecule has 0 fully saturated rings. The Hall–Kier alpha value is -2.08. The summed E-state index contributed by atoms with van der Waals surface area (Å²) in [5.41, 5.74) is 1.34. The van der Waals surface area contributed by atoms with Crippen molar-refractivity contribution in [2.75, 3.05) is 31.5 Å². The number of rotatable bonds is 8. The van der Waals surface area contributed by atoms with Gasteiger partial charge in [-0.05, 0) is 37.7 Å². The first-order valence-corrected chi connectivity index (χ1v) is 7.24. The number of carboxylic acids is 1. The van der Waals surface area contributed by atoms with Crippen molar-refractivity contribution in [3.63, 3.8) is 0 Å². The van der Waals surface area contributed by atoms with E-state index in [1.54, 1.807) is 6.07 Å². The van der Waals surface area contributed by atoms with E-state index in [0.29, 0.717) is 17.1 Å². The number of carbonyl (C=O) groups is 1. The maximum Gasteiger partial charge on any atom is 0.335 e. The lowest BCUT2D eigenvalue weighted by molar-refractivity contribution is 0.0697. The molecular weight excluding hydrogens is 270 g/mol. The zero-order chi connectivity index (χ0) is 15.2. The minimum absolute atomic E-state index is 0.199. The van der Waals surface area contributed by atoms with E-state index < -0.39 is 5.97 Å². The summed E-state index contributed by atoms with van der Waals surface area (Å²) in [6.07, 6.45) is 1.13. The number of carboxylic acid groups (broad SMARTS) is 1. The number of likely N-dealkylation sites (N-methyl/N-ethyl adjacent to an activating group) is 1. The molecule has 0 amide bonds. The van der Waals surface area contributed by atoms with Crippen LogP contribution in [0, 0.1) is 0 Å². The number of nitrogens with one attached hydrogen (secondary N) is 1. The Kier molecular flexibility index (Phi) is 5.16. The van der Waals surface area contributed by atoms with Gasteiger partial charge in [0.25, 0.3) is 6.01 Å². The van der Waals surface area contributed by atoms with Crippen molar-refractivity contribution >= 4 is 23.1 Å². The standard InChI is InChI=1S/C15H21N3O3/c1-3-8-18(4-2)9-7-16-15-17-12-6-5-11(14(19)20)10-13(12)21-15/h5-6,10H,3-4,7-9H2,1-2H3,(H,16,17)(H,19,20). The molecule has 6 heteroatoms. The number of oxazole rings is 1. The van der Waals surface area contributed by atoms with Crippen molar-refractivity contribution < 1.29 is 14.3 Å². The second-order valence-electron chi connectivity index (χ2n) is 4.87. The summed E-state index contributed by atoms with van der Waals surface area (Å²) in [6, 6.07) is 5.10. The summed E-state index contributed by atoms with van der Waals surface area (Å²) < 4.78 is 5.53. The fourth-order valence-corrected chi connectivity index (χ4v) is 2.20. The highest BCUT2D eigenvalue weighted by Gasteiger charge is 2.09. The number of fused-ring (bicyclic) bond motifs is 1. The zero-order valence-corrected chi connectivity index (χ0v) is 12.4. The van der Waals surface area contributed by atoms with Crippen molar-refractivity contribution in [3.05, 3.63) is 23.8 Å². The zero-order valence-electron chi connectivity index (χ0n) is 12.4. The number of aromatic carboxylic acids is 1. The lowest BCUT2D eigenvalue weighted by Gasteiger charge is -2.18. The summed E-state index contributed by atoms with van der Waals surface area (Å²) in [4.78, 5) is 17.5. The van der Waals surface area contributed by atoms with Crippen LogP contribution in [0.1, 0.15) is 30.6 Å². The molecule has 0 aliphatic carbocycles. The van der Waals surface area contributed by atoms with E-state index in [4.69, 9.17) is 9.52 Å². The number of anilines is 1. The molecule has 1 aromatic heterocycles. The molecule has 0 aliphatic heterocycles. The molecule has 0 unspecified atom stereocenters. The van der Waals surface area contributed by atoms with Crippen molar-refractivity contribution in [2.24, 2.45) is 0 Å². The first-order valence-electron chi connectivity index (χ1n) is 7.24. The van der Waals surface area contributed by atoms with Gasteiger partial charge in [-0.25, -0.2) is 4.79 Å². The van der Waals surface area contributed by atoms with Gasteiger partial charge in [0, 0.05) is 13.1 Å². The molecule has 0 saturated heterocycles. The summed E-state index contributed by atoms with van der Waals surface area (Å²) >= 11 is 0. The molecule has 2 N–H and O–H groups in total. The maximum atomic E-state index is 10.9. The van der Waals surface area contributed by atoms with Crippen molar-refractivity contribution in [3.8, 4) is 0 Å². The van der Waals surface area contributed by atoms with E-state index >= 15 is 0 Å². The number of aromatic nitrogens is 1. The van der Waals surface area contributed by atoms with Crippen molar-refractivity contribution in [1.82, 2.24) is 9.88 Å². The molecule has 0 atom stereocenters. The third-order valence-corrected chi connectivity index (χ3v) is 3.33. The monoisotopic (exact) mass is 291 g/mol. The van der Waals surface area contributed by atoms with Crippen LogP contribution in [0.25, 0.3) is 11.1 Å². The molecule has 0 aliphatic rings. The molecule has 1 heterocycles. The second-order valence-corrected chi connectivity index (χ2v) is 4.87. The molecule has 2 aromatic rings. The van der Waals surface area contributed by atoms with Gasteiger partial charge in [0.2, 0.25) is 0 Å². The third-order valence-electron chi connectivity index (χ3n) is 3.33. The van der Waals surface area contributed by atoms with Gasteiger partial charge < -0.3 is 19.7 Å². The first kappa shape index (κ1) is 15.3. The highest BCUT2D eigenvalue weighted by Crippen LogP contribution is 2.20. The molecule has 0 saturated carbocycles. The first-order chi connectivity index (χ1) is 10.1. The average Bonchev–Trinajstić information content (AvgIpc) is 2.87. The van der Waals surface area contributed by atoms with Crippen LogP contribution >= 0.6 is 0 Å². The molecule has 21 heavy (non-hydrogen) atoms. The van der Waals surface area contributed by atoms with Gasteiger partial charge in [-0.15, -0.1) is 0 Å². The van der Waals surface area contributed by atoms with E-state index in [2.05, 4.69) is 29.0 Å². The number of nitrogens with zero attached hydrogens (tertiary/aromatic N) is 2. The van der Waals surface area contributed by atoms with Gasteiger partial charge in [0.05, 0.1) is 5.56 Å². The summed E-state index contributed by atoms with van der Waals surface area (Å²) in [5, 5.41) is 12.1. The van der Waals surface area contributed by atoms with Crippen molar-refractivity contribution in [2.45, 2.75) is 20.3 Å². The lowest BCUT2D eigenvalue weighted by atomic mass is 10.2. The highest BCUT2D eigenvalue weighted by molar-refractivity contribution is 5.92. The minimum atomic E-state index is -0.971. The lowest BCUT2D eigenvalue weighted by Crippen LogP contribution is -2.29. The summed E-state index contributed by atoms with van der Waals surface area (Å²) in [6.45, 7) is 8.06. The molecule has 0 radical (unpaired) electrons. The van der Waals surface area contributed by atoms with E-state index in [1.807, 2.05) is 0 Å². The molecule has 2 rings (SSSR count).